The molecule has 0 radical (unpaired) electrons. The van der Waals surface area contributed by atoms with Gasteiger partial charge in [0.2, 0.25) is 11.8 Å². The standard InChI is InChI=1S/C15H19N3O4/c1-8(19)12-6-21-14(17-12)10-4-3-5-11(16-10)15-18-13(7-22-15)9(2)20/h3-5,8-9,12-13,19-20H,6-7H2,1-2H3/t8-,9-,12-,13-/m1/s1. The maximum absolute atomic E-state index is 9.55. The number of pyridine rings is 1. The maximum Gasteiger partial charge on any atom is 0.235 e. The van der Waals surface area contributed by atoms with Gasteiger partial charge in [-0.05, 0) is 26.0 Å². The summed E-state index contributed by atoms with van der Waals surface area (Å²) in [7, 11) is 0. The van der Waals surface area contributed by atoms with Crippen LogP contribution in [0, 0.1) is 0 Å². The molecule has 1 aromatic heterocycles. The van der Waals surface area contributed by atoms with Crippen molar-refractivity contribution in [1.29, 1.82) is 0 Å². The van der Waals surface area contributed by atoms with Crippen molar-refractivity contribution < 1.29 is 19.7 Å². The van der Waals surface area contributed by atoms with Crippen LogP contribution in [0.3, 0.4) is 0 Å². The third kappa shape index (κ3) is 2.95. The lowest BCUT2D eigenvalue weighted by molar-refractivity contribution is 0.145. The van der Waals surface area contributed by atoms with Crippen molar-refractivity contribution in [3.8, 4) is 0 Å². The van der Waals surface area contributed by atoms with Crippen molar-refractivity contribution >= 4 is 11.8 Å². The van der Waals surface area contributed by atoms with Gasteiger partial charge in [0.1, 0.15) is 36.7 Å². The quantitative estimate of drug-likeness (QED) is 0.824. The molecule has 0 bridgehead atoms. The van der Waals surface area contributed by atoms with Gasteiger partial charge in [-0.1, -0.05) is 6.07 Å². The Morgan fingerprint density at radius 2 is 1.41 bits per heavy atom. The lowest BCUT2D eigenvalue weighted by atomic mass is 10.2. The Bertz CT molecular complexity index is 563. The van der Waals surface area contributed by atoms with Crippen LogP contribution in [0.1, 0.15) is 25.2 Å². The van der Waals surface area contributed by atoms with Gasteiger partial charge in [-0.2, -0.15) is 0 Å². The number of rotatable bonds is 4. The first kappa shape index (κ1) is 14.9. The number of aliphatic hydroxyl groups is 2. The number of aliphatic hydroxyl groups excluding tert-OH is 2. The molecule has 7 nitrogen and oxygen atoms in total. The van der Waals surface area contributed by atoms with Crippen LogP contribution in [0.4, 0.5) is 0 Å². The molecule has 2 aliphatic heterocycles. The Labute approximate surface area is 128 Å². The third-order valence-corrected chi connectivity index (χ3v) is 3.65. The number of hydrogen-bond donors (Lipinski definition) is 2. The summed E-state index contributed by atoms with van der Waals surface area (Å²) in [5.41, 5.74) is 1.15. The van der Waals surface area contributed by atoms with Crippen LogP contribution in [0.2, 0.25) is 0 Å². The highest BCUT2D eigenvalue weighted by Gasteiger charge is 2.27. The first-order valence-electron chi connectivity index (χ1n) is 7.29. The average Bonchev–Trinajstić information content (AvgIpc) is 3.17. The average molecular weight is 305 g/mol. The fraction of sp³-hybridized carbons (Fsp3) is 0.533. The first-order valence-corrected chi connectivity index (χ1v) is 7.29. The topological polar surface area (TPSA) is 96.5 Å². The van der Waals surface area contributed by atoms with Gasteiger partial charge in [0.15, 0.2) is 0 Å². The molecule has 118 valence electrons. The molecule has 22 heavy (non-hydrogen) atoms. The predicted octanol–water partition coefficient (Wildman–Crippen LogP) is 0.134. The summed E-state index contributed by atoms with van der Waals surface area (Å²) < 4.78 is 11.0. The zero-order chi connectivity index (χ0) is 15.7. The number of ether oxygens (including phenoxy) is 2. The van der Waals surface area contributed by atoms with Crippen LogP contribution in [-0.2, 0) is 9.47 Å². The number of aromatic nitrogens is 1. The van der Waals surface area contributed by atoms with Gasteiger partial charge in [-0.3, -0.25) is 0 Å². The summed E-state index contributed by atoms with van der Waals surface area (Å²) >= 11 is 0. The largest absolute Gasteiger partial charge is 0.474 e. The van der Waals surface area contributed by atoms with E-state index in [2.05, 4.69) is 15.0 Å². The van der Waals surface area contributed by atoms with Crippen LogP contribution in [0.5, 0.6) is 0 Å². The lowest BCUT2D eigenvalue weighted by Gasteiger charge is -2.06. The highest BCUT2D eigenvalue weighted by Crippen LogP contribution is 2.16. The molecule has 2 N–H and O–H groups in total. The van der Waals surface area contributed by atoms with Gasteiger partial charge in [0, 0.05) is 0 Å². The van der Waals surface area contributed by atoms with E-state index in [1.54, 1.807) is 26.0 Å². The van der Waals surface area contributed by atoms with Crippen LogP contribution in [0.15, 0.2) is 28.2 Å². The first-order chi connectivity index (χ1) is 10.5. The number of hydrogen-bond acceptors (Lipinski definition) is 7. The monoisotopic (exact) mass is 305 g/mol. The number of aliphatic imine (C=N–C) groups is 2. The molecular formula is C15H19N3O4. The normalized spacial score (nSPS) is 26.7. The molecule has 1 aromatic rings. The van der Waals surface area contributed by atoms with E-state index in [4.69, 9.17) is 9.47 Å². The molecule has 2 aliphatic rings. The van der Waals surface area contributed by atoms with Crippen molar-refractivity contribution in [2.75, 3.05) is 13.2 Å². The van der Waals surface area contributed by atoms with E-state index in [1.807, 2.05) is 6.07 Å². The van der Waals surface area contributed by atoms with Gasteiger partial charge < -0.3 is 19.7 Å². The summed E-state index contributed by atoms with van der Waals surface area (Å²) in [6, 6.07) is 4.87. The van der Waals surface area contributed by atoms with Crippen molar-refractivity contribution in [2.45, 2.75) is 38.1 Å². The zero-order valence-electron chi connectivity index (χ0n) is 12.5. The SMILES string of the molecule is C[C@@H](O)[C@H]1COC(c2cccc(C3=N[C@@H]([C@@H](C)O)CO3)n2)=N1. The minimum atomic E-state index is -0.560. The van der Waals surface area contributed by atoms with Crippen LogP contribution in [-0.4, -0.2) is 64.5 Å². The molecule has 3 heterocycles. The summed E-state index contributed by atoms with van der Waals surface area (Å²) in [5.74, 6) is 0.830. The summed E-state index contributed by atoms with van der Waals surface area (Å²) in [4.78, 5) is 13.1. The summed E-state index contributed by atoms with van der Waals surface area (Å²) in [6.07, 6.45) is -1.12. The summed E-state index contributed by atoms with van der Waals surface area (Å²) in [5, 5.41) is 19.1. The summed E-state index contributed by atoms with van der Waals surface area (Å²) in [6.45, 7) is 4.06. The second-order valence-electron chi connectivity index (χ2n) is 5.51. The van der Waals surface area contributed by atoms with Crippen molar-refractivity contribution in [3.63, 3.8) is 0 Å². The number of nitrogens with zero attached hydrogens (tertiary/aromatic N) is 3. The Kier molecular flexibility index (Phi) is 4.08. The van der Waals surface area contributed by atoms with Gasteiger partial charge in [-0.25, -0.2) is 15.0 Å². The van der Waals surface area contributed by atoms with E-state index in [0.717, 1.165) is 0 Å². The van der Waals surface area contributed by atoms with E-state index >= 15 is 0 Å². The molecule has 0 amide bonds. The lowest BCUT2D eigenvalue weighted by Crippen LogP contribution is -2.21. The minimum Gasteiger partial charge on any atom is -0.474 e. The predicted molar refractivity (Wildman–Crippen MR) is 80.2 cm³/mol. The van der Waals surface area contributed by atoms with Crippen LogP contribution in [0.25, 0.3) is 0 Å². The Hall–Kier alpha value is -1.99. The fourth-order valence-electron chi connectivity index (χ4n) is 2.23. The smallest absolute Gasteiger partial charge is 0.235 e. The molecule has 0 saturated carbocycles. The van der Waals surface area contributed by atoms with Gasteiger partial charge in [-0.15, -0.1) is 0 Å². The Morgan fingerprint density at radius 3 is 1.77 bits per heavy atom. The molecule has 0 fully saturated rings. The van der Waals surface area contributed by atoms with E-state index in [1.165, 1.54) is 0 Å². The molecule has 3 rings (SSSR count). The van der Waals surface area contributed by atoms with Crippen molar-refractivity contribution in [3.05, 3.63) is 29.6 Å². The minimum absolute atomic E-state index is 0.264. The van der Waals surface area contributed by atoms with E-state index < -0.39 is 12.2 Å². The Balaban J connectivity index is 1.82. The van der Waals surface area contributed by atoms with Gasteiger partial charge >= 0.3 is 0 Å². The molecule has 7 heteroatoms. The second-order valence-corrected chi connectivity index (χ2v) is 5.51. The molecule has 0 aromatic carbocycles. The van der Waals surface area contributed by atoms with Gasteiger partial charge in [0.25, 0.3) is 0 Å². The van der Waals surface area contributed by atoms with E-state index in [0.29, 0.717) is 36.4 Å². The highest BCUT2D eigenvalue weighted by molar-refractivity contribution is 5.97. The van der Waals surface area contributed by atoms with Crippen molar-refractivity contribution in [2.24, 2.45) is 9.98 Å². The van der Waals surface area contributed by atoms with Crippen LogP contribution >= 0.6 is 0 Å². The fourth-order valence-corrected chi connectivity index (χ4v) is 2.23. The molecule has 4 atom stereocenters. The van der Waals surface area contributed by atoms with E-state index in [9.17, 15) is 10.2 Å². The van der Waals surface area contributed by atoms with Crippen LogP contribution < -0.4 is 0 Å². The molecule has 0 saturated heterocycles. The molecule has 0 spiro atoms. The molecule has 0 aliphatic carbocycles. The van der Waals surface area contributed by atoms with E-state index in [-0.39, 0.29) is 12.1 Å². The van der Waals surface area contributed by atoms with Gasteiger partial charge in [0.05, 0.1) is 12.2 Å². The van der Waals surface area contributed by atoms with Crippen molar-refractivity contribution in [1.82, 2.24) is 4.98 Å². The maximum atomic E-state index is 9.55. The Morgan fingerprint density at radius 1 is 0.955 bits per heavy atom. The zero-order valence-corrected chi connectivity index (χ0v) is 12.5. The third-order valence-electron chi connectivity index (χ3n) is 3.65. The second kappa shape index (κ2) is 6.02. The molecular weight excluding hydrogens is 286 g/mol. The molecule has 0 unspecified atom stereocenters. The highest BCUT2D eigenvalue weighted by atomic mass is 16.5.